The molecular weight excluding hydrogens is 338 g/mol. The van der Waals surface area contributed by atoms with Crippen molar-refractivity contribution in [3.63, 3.8) is 0 Å². The highest BCUT2D eigenvalue weighted by molar-refractivity contribution is 6.08. The first-order valence-corrected chi connectivity index (χ1v) is 8.85. The van der Waals surface area contributed by atoms with Crippen molar-refractivity contribution in [3.8, 4) is 0 Å². The first-order chi connectivity index (χ1) is 13.1. The van der Waals surface area contributed by atoms with Gasteiger partial charge in [-0.3, -0.25) is 14.6 Å². The highest BCUT2D eigenvalue weighted by atomic mass is 16.2. The van der Waals surface area contributed by atoms with Crippen LogP contribution in [0.3, 0.4) is 0 Å². The molecule has 1 aromatic heterocycles. The monoisotopic (exact) mass is 357 g/mol. The lowest BCUT2D eigenvalue weighted by Crippen LogP contribution is -2.28. The van der Waals surface area contributed by atoms with Gasteiger partial charge in [0, 0.05) is 35.9 Å². The Bertz CT molecular complexity index is 1020. The molecule has 2 heterocycles. The predicted molar refractivity (Wildman–Crippen MR) is 105 cm³/mol. The number of hydrogen-bond acceptors (Lipinski definition) is 3. The van der Waals surface area contributed by atoms with Gasteiger partial charge in [-0.1, -0.05) is 18.2 Å². The molecule has 0 fully saturated rings. The highest BCUT2D eigenvalue weighted by Gasteiger charge is 2.26. The molecule has 1 aliphatic rings. The average molecular weight is 357 g/mol. The molecule has 2 amide bonds. The SMILES string of the molecule is Cc1ccccc1C(=O)Nc1ccc2c(c1)CCN2C(=O)c1cccnc1. The summed E-state index contributed by atoms with van der Waals surface area (Å²) in [5.74, 6) is -0.187. The van der Waals surface area contributed by atoms with E-state index in [0.717, 1.165) is 28.9 Å². The van der Waals surface area contributed by atoms with E-state index in [2.05, 4.69) is 10.3 Å². The second-order valence-corrected chi connectivity index (χ2v) is 6.56. The molecule has 5 nitrogen and oxygen atoms in total. The van der Waals surface area contributed by atoms with Gasteiger partial charge >= 0.3 is 0 Å². The van der Waals surface area contributed by atoms with Crippen LogP contribution in [-0.4, -0.2) is 23.3 Å². The Morgan fingerprint density at radius 3 is 2.70 bits per heavy atom. The molecule has 2 aromatic carbocycles. The molecule has 0 atom stereocenters. The highest BCUT2D eigenvalue weighted by Crippen LogP contribution is 2.31. The number of benzene rings is 2. The maximum atomic E-state index is 12.7. The number of carbonyl (C=O) groups excluding carboxylic acids is 2. The maximum absolute atomic E-state index is 12.7. The smallest absolute Gasteiger partial charge is 0.259 e. The van der Waals surface area contributed by atoms with Gasteiger partial charge < -0.3 is 10.2 Å². The van der Waals surface area contributed by atoms with Crippen molar-refractivity contribution in [3.05, 3.63) is 89.2 Å². The molecule has 3 aromatic rings. The van der Waals surface area contributed by atoms with Crippen LogP contribution in [0.25, 0.3) is 0 Å². The van der Waals surface area contributed by atoms with Crippen LogP contribution < -0.4 is 10.2 Å². The van der Waals surface area contributed by atoms with Crippen LogP contribution in [0.1, 0.15) is 31.8 Å². The van der Waals surface area contributed by atoms with Gasteiger partial charge in [0.05, 0.1) is 5.56 Å². The quantitative estimate of drug-likeness (QED) is 0.774. The third-order valence-corrected chi connectivity index (χ3v) is 4.78. The topological polar surface area (TPSA) is 62.3 Å². The zero-order chi connectivity index (χ0) is 18.8. The van der Waals surface area contributed by atoms with Crippen molar-refractivity contribution >= 4 is 23.2 Å². The lowest BCUT2D eigenvalue weighted by Gasteiger charge is -2.17. The van der Waals surface area contributed by atoms with E-state index in [0.29, 0.717) is 17.7 Å². The van der Waals surface area contributed by atoms with Gasteiger partial charge in [-0.25, -0.2) is 0 Å². The summed E-state index contributed by atoms with van der Waals surface area (Å²) in [6.45, 7) is 2.54. The number of carbonyl (C=O) groups is 2. The summed E-state index contributed by atoms with van der Waals surface area (Å²) >= 11 is 0. The first-order valence-electron chi connectivity index (χ1n) is 8.85. The van der Waals surface area contributed by atoms with E-state index in [4.69, 9.17) is 0 Å². The van der Waals surface area contributed by atoms with Crippen LogP contribution >= 0.6 is 0 Å². The van der Waals surface area contributed by atoms with E-state index < -0.39 is 0 Å². The maximum Gasteiger partial charge on any atom is 0.259 e. The predicted octanol–water partition coefficient (Wildman–Crippen LogP) is 3.85. The van der Waals surface area contributed by atoms with Gasteiger partial charge in [-0.05, 0) is 60.9 Å². The molecule has 134 valence electrons. The number of amides is 2. The van der Waals surface area contributed by atoms with Crippen molar-refractivity contribution in [2.75, 3.05) is 16.8 Å². The summed E-state index contributed by atoms with van der Waals surface area (Å²) in [5.41, 5.74) is 4.84. The van der Waals surface area contributed by atoms with Crippen LogP contribution in [0.15, 0.2) is 67.0 Å². The van der Waals surface area contributed by atoms with Gasteiger partial charge in [-0.2, -0.15) is 0 Å². The van der Waals surface area contributed by atoms with Crippen molar-refractivity contribution in [1.29, 1.82) is 0 Å². The molecular formula is C22H19N3O2. The Morgan fingerprint density at radius 1 is 1.07 bits per heavy atom. The minimum Gasteiger partial charge on any atom is -0.322 e. The summed E-state index contributed by atoms with van der Waals surface area (Å²) in [4.78, 5) is 31.0. The van der Waals surface area contributed by atoms with E-state index >= 15 is 0 Å². The van der Waals surface area contributed by atoms with Crippen LogP contribution in [0.2, 0.25) is 0 Å². The van der Waals surface area contributed by atoms with Crippen LogP contribution in [0, 0.1) is 6.92 Å². The molecule has 4 rings (SSSR count). The molecule has 1 N–H and O–H groups in total. The molecule has 0 aliphatic carbocycles. The van der Waals surface area contributed by atoms with Gasteiger partial charge in [0.1, 0.15) is 0 Å². The lowest BCUT2D eigenvalue weighted by molar-refractivity contribution is 0.0987. The van der Waals surface area contributed by atoms with E-state index in [-0.39, 0.29) is 11.8 Å². The Morgan fingerprint density at radius 2 is 1.93 bits per heavy atom. The van der Waals surface area contributed by atoms with Gasteiger partial charge in [0.2, 0.25) is 0 Å². The standard InChI is InChI=1S/C22H19N3O2/c1-15-5-2-3-7-19(15)21(26)24-18-8-9-20-16(13-18)10-12-25(20)22(27)17-6-4-11-23-14-17/h2-9,11,13-14H,10,12H2,1H3,(H,24,26). The minimum atomic E-state index is -0.130. The van der Waals surface area contributed by atoms with Crippen molar-refractivity contribution < 1.29 is 9.59 Å². The summed E-state index contributed by atoms with van der Waals surface area (Å²) in [7, 11) is 0. The molecule has 27 heavy (non-hydrogen) atoms. The number of hydrogen-bond donors (Lipinski definition) is 1. The third kappa shape index (κ3) is 3.31. The minimum absolute atomic E-state index is 0.0569. The Kier molecular flexibility index (Phi) is 4.42. The normalized spacial score (nSPS) is 12.6. The Hall–Kier alpha value is -3.47. The number of aromatic nitrogens is 1. The van der Waals surface area contributed by atoms with E-state index in [1.165, 1.54) is 0 Å². The Balaban J connectivity index is 1.54. The summed E-state index contributed by atoms with van der Waals surface area (Å²) in [6.07, 6.45) is 3.99. The van der Waals surface area contributed by atoms with Crippen molar-refractivity contribution in [1.82, 2.24) is 4.98 Å². The van der Waals surface area contributed by atoms with Crippen LogP contribution in [-0.2, 0) is 6.42 Å². The number of nitrogens with zero attached hydrogens (tertiary/aromatic N) is 2. The number of aryl methyl sites for hydroxylation is 1. The van der Waals surface area contributed by atoms with Gasteiger partial charge in [0.15, 0.2) is 0 Å². The first kappa shape index (κ1) is 17.0. The number of anilines is 2. The molecule has 0 bridgehead atoms. The molecule has 0 saturated carbocycles. The van der Waals surface area contributed by atoms with Crippen LogP contribution in [0.4, 0.5) is 11.4 Å². The van der Waals surface area contributed by atoms with Gasteiger partial charge in [-0.15, -0.1) is 0 Å². The largest absolute Gasteiger partial charge is 0.322 e. The fourth-order valence-corrected chi connectivity index (χ4v) is 3.36. The number of fused-ring (bicyclic) bond motifs is 1. The zero-order valence-electron chi connectivity index (χ0n) is 15.0. The van der Waals surface area contributed by atoms with E-state index in [9.17, 15) is 9.59 Å². The lowest BCUT2D eigenvalue weighted by atomic mass is 10.1. The van der Waals surface area contributed by atoms with Crippen molar-refractivity contribution in [2.24, 2.45) is 0 Å². The number of pyridine rings is 1. The molecule has 0 saturated heterocycles. The summed E-state index contributed by atoms with van der Waals surface area (Å²) in [5, 5.41) is 2.95. The fourth-order valence-electron chi connectivity index (χ4n) is 3.36. The fraction of sp³-hybridized carbons (Fsp3) is 0.136. The van der Waals surface area contributed by atoms with E-state index in [1.54, 1.807) is 29.4 Å². The average Bonchev–Trinajstić information content (AvgIpc) is 3.11. The third-order valence-electron chi connectivity index (χ3n) is 4.78. The Labute approximate surface area is 157 Å². The van der Waals surface area contributed by atoms with Gasteiger partial charge in [0.25, 0.3) is 11.8 Å². The summed E-state index contributed by atoms with van der Waals surface area (Å²) in [6, 6.07) is 16.7. The molecule has 0 spiro atoms. The van der Waals surface area contributed by atoms with Crippen LogP contribution in [0.5, 0.6) is 0 Å². The molecule has 0 radical (unpaired) electrons. The van der Waals surface area contributed by atoms with E-state index in [1.807, 2.05) is 49.4 Å². The number of nitrogens with one attached hydrogen (secondary N) is 1. The summed E-state index contributed by atoms with van der Waals surface area (Å²) < 4.78 is 0. The number of rotatable bonds is 3. The zero-order valence-corrected chi connectivity index (χ0v) is 15.0. The van der Waals surface area contributed by atoms with Crippen molar-refractivity contribution in [2.45, 2.75) is 13.3 Å². The second kappa shape index (κ2) is 7.03. The molecule has 0 unspecified atom stereocenters. The molecule has 5 heteroatoms. The second-order valence-electron chi connectivity index (χ2n) is 6.56. The molecule has 1 aliphatic heterocycles.